The van der Waals surface area contributed by atoms with Gasteiger partial charge in [-0.15, -0.1) is 0 Å². The molecule has 4 heteroatoms. The van der Waals surface area contributed by atoms with Gasteiger partial charge in [0.2, 0.25) is 0 Å². The Morgan fingerprint density at radius 2 is 1.76 bits per heavy atom. The van der Waals surface area contributed by atoms with Crippen molar-refractivity contribution >= 4 is 0 Å². The van der Waals surface area contributed by atoms with Crippen LogP contribution in [0.4, 0.5) is 8.78 Å². The number of halogens is 2. The van der Waals surface area contributed by atoms with Crippen molar-refractivity contribution in [3.05, 3.63) is 35.4 Å². The van der Waals surface area contributed by atoms with Crippen molar-refractivity contribution in [2.75, 3.05) is 26.3 Å². The van der Waals surface area contributed by atoms with Crippen LogP contribution in [0, 0.1) is 11.6 Å². The minimum absolute atomic E-state index is 0.522. The van der Waals surface area contributed by atoms with Gasteiger partial charge in [0, 0.05) is 19.2 Å². The summed E-state index contributed by atoms with van der Waals surface area (Å²) in [5.74, 6) is -1.04. The average molecular weight is 243 g/mol. The maximum Gasteiger partial charge on any atom is 0.126 e. The van der Waals surface area contributed by atoms with E-state index in [1.807, 2.05) is 0 Å². The molecule has 0 atom stereocenters. The molecule has 0 bridgehead atoms. The summed E-state index contributed by atoms with van der Waals surface area (Å²) >= 11 is 0. The number of ether oxygens (including phenoxy) is 1. The summed E-state index contributed by atoms with van der Waals surface area (Å²) < 4.78 is 31.0. The summed E-state index contributed by atoms with van der Waals surface area (Å²) in [6.07, 6.45) is 1.63. The molecule has 0 saturated heterocycles. The van der Waals surface area contributed by atoms with E-state index in [0.29, 0.717) is 25.1 Å². The molecule has 0 spiro atoms. The minimum Gasteiger partial charge on any atom is -0.380 e. The molecular formula is C13H19F2NO. The predicted molar refractivity (Wildman–Crippen MR) is 64.0 cm³/mol. The van der Waals surface area contributed by atoms with Crippen LogP contribution in [0.25, 0.3) is 0 Å². The molecule has 2 nitrogen and oxygen atoms in total. The number of nitrogens with one attached hydrogen (secondary N) is 1. The van der Waals surface area contributed by atoms with E-state index in [0.717, 1.165) is 25.6 Å². The maximum absolute atomic E-state index is 12.9. The molecule has 0 aliphatic carbocycles. The van der Waals surface area contributed by atoms with E-state index >= 15 is 0 Å². The second-order valence-electron chi connectivity index (χ2n) is 3.89. The molecule has 0 heterocycles. The quantitative estimate of drug-likeness (QED) is 0.708. The van der Waals surface area contributed by atoms with Crippen molar-refractivity contribution in [3.8, 4) is 0 Å². The van der Waals surface area contributed by atoms with Gasteiger partial charge in [0.05, 0.1) is 6.61 Å². The molecule has 0 saturated carbocycles. The van der Waals surface area contributed by atoms with Gasteiger partial charge in [0.1, 0.15) is 11.6 Å². The van der Waals surface area contributed by atoms with E-state index in [9.17, 15) is 8.78 Å². The Balaban J connectivity index is 2.13. The van der Waals surface area contributed by atoms with Crippen LogP contribution in [0.3, 0.4) is 0 Å². The maximum atomic E-state index is 12.9. The molecule has 0 radical (unpaired) electrons. The smallest absolute Gasteiger partial charge is 0.126 e. The SMILES string of the molecule is CCCOCCNCCc1cc(F)cc(F)c1. The molecule has 1 aromatic rings. The molecular weight excluding hydrogens is 224 g/mol. The summed E-state index contributed by atoms with van der Waals surface area (Å²) in [6, 6.07) is 3.60. The standard InChI is InChI=1S/C13H19F2NO/c1-2-6-17-7-5-16-4-3-11-8-12(14)10-13(15)9-11/h8-10,16H,2-7H2,1H3. The first kappa shape index (κ1) is 14.1. The lowest BCUT2D eigenvalue weighted by Crippen LogP contribution is -2.22. The molecule has 17 heavy (non-hydrogen) atoms. The van der Waals surface area contributed by atoms with Gasteiger partial charge in [-0.3, -0.25) is 0 Å². The lowest BCUT2D eigenvalue weighted by atomic mass is 10.1. The summed E-state index contributed by atoms with van der Waals surface area (Å²) in [5, 5.41) is 3.16. The Hall–Kier alpha value is -1.00. The highest BCUT2D eigenvalue weighted by Gasteiger charge is 2.00. The Morgan fingerprint density at radius 3 is 2.41 bits per heavy atom. The van der Waals surface area contributed by atoms with Crippen LogP contribution in [-0.4, -0.2) is 26.3 Å². The van der Waals surface area contributed by atoms with Crippen molar-refractivity contribution in [2.45, 2.75) is 19.8 Å². The molecule has 1 rings (SSSR count). The van der Waals surface area contributed by atoms with Crippen LogP contribution in [-0.2, 0) is 11.2 Å². The Labute approximate surface area is 101 Å². The molecule has 96 valence electrons. The normalized spacial score (nSPS) is 10.8. The van der Waals surface area contributed by atoms with E-state index in [-0.39, 0.29) is 0 Å². The summed E-state index contributed by atoms with van der Waals surface area (Å²) in [4.78, 5) is 0. The molecule has 1 N–H and O–H groups in total. The second-order valence-corrected chi connectivity index (χ2v) is 3.89. The van der Waals surface area contributed by atoms with Crippen LogP contribution in [0.2, 0.25) is 0 Å². The Morgan fingerprint density at radius 1 is 1.06 bits per heavy atom. The summed E-state index contributed by atoms with van der Waals surface area (Å²) in [7, 11) is 0. The molecule has 0 aromatic heterocycles. The molecule has 0 aliphatic rings. The molecule has 0 aliphatic heterocycles. The lowest BCUT2D eigenvalue weighted by molar-refractivity contribution is 0.137. The largest absolute Gasteiger partial charge is 0.380 e. The molecule has 0 fully saturated rings. The fraction of sp³-hybridized carbons (Fsp3) is 0.538. The first-order chi connectivity index (χ1) is 8.22. The lowest BCUT2D eigenvalue weighted by Gasteiger charge is -2.06. The zero-order valence-corrected chi connectivity index (χ0v) is 10.1. The summed E-state index contributed by atoms with van der Waals surface area (Å²) in [5.41, 5.74) is 0.671. The number of benzene rings is 1. The minimum atomic E-state index is -0.522. The molecule has 0 unspecified atom stereocenters. The van der Waals surface area contributed by atoms with E-state index in [4.69, 9.17) is 4.74 Å². The van der Waals surface area contributed by atoms with Gasteiger partial charge in [-0.1, -0.05) is 6.92 Å². The number of hydrogen-bond donors (Lipinski definition) is 1. The topological polar surface area (TPSA) is 21.3 Å². The Bertz CT molecular complexity index is 311. The fourth-order valence-electron chi connectivity index (χ4n) is 1.50. The van der Waals surface area contributed by atoms with Gasteiger partial charge in [0.15, 0.2) is 0 Å². The third-order valence-corrected chi connectivity index (χ3v) is 2.28. The van der Waals surface area contributed by atoms with E-state index < -0.39 is 11.6 Å². The highest BCUT2D eigenvalue weighted by molar-refractivity contribution is 5.18. The first-order valence-electron chi connectivity index (χ1n) is 5.96. The van der Waals surface area contributed by atoms with Crippen LogP contribution in [0.5, 0.6) is 0 Å². The van der Waals surface area contributed by atoms with Crippen LogP contribution in [0.1, 0.15) is 18.9 Å². The first-order valence-corrected chi connectivity index (χ1v) is 5.96. The fourth-order valence-corrected chi connectivity index (χ4v) is 1.50. The van der Waals surface area contributed by atoms with Gasteiger partial charge in [0.25, 0.3) is 0 Å². The van der Waals surface area contributed by atoms with E-state index in [1.165, 1.54) is 12.1 Å². The third kappa shape index (κ3) is 6.34. The molecule has 1 aromatic carbocycles. The van der Waals surface area contributed by atoms with Gasteiger partial charge < -0.3 is 10.1 Å². The van der Waals surface area contributed by atoms with Gasteiger partial charge >= 0.3 is 0 Å². The average Bonchev–Trinajstić information content (AvgIpc) is 2.26. The van der Waals surface area contributed by atoms with Crippen LogP contribution >= 0.6 is 0 Å². The second kappa shape index (κ2) is 8.14. The van der Waals surface area contributed by atoms with Crippen molar-refractivity contribution in [1.82, 2.24) is 5.32 Å². The van der Waals surface area contributed by atoms with Crippen LogP contribution < -0.4 is 5.32 Å². The zero-order valence-electron chi connectivity index (χ0n) is 10.1. The highest BCUT2D eigenvalue weighted by Crippen LogP contribution is 2.07. The third-order valence-electron chi connectivity index (χ3n) is 2.28. The number of rotatable bonds is 8. The van der Waals surface area contributed by atoms with Crippen molar-refractivity contribution in [1.29, 1.82) is 0 Å². The van der Waals surface area contributed by atoms with Gasteiger partial charge in [-0.2, -0.15) is 0 Å². The van der Waals surface area contributed by atoms with Crippen LogP contribution in [0.15, 0.2) is 18.2 Å². The zero-order chi connectivity index (χ0) is 12.5. The summed E-state index contributed by atoms with van der Waals surface area (Å²) in [6.45, 7) is 4.96. The van der Waals surface area contributed by atoms with Gasteiger partial charge in [-0.25, -0.2) is 8.78 Å². The number of hydrogen-bond acceptors (Lipinski definition) is 2. The van der Waals surface area contributed by atoms with Crippen molar-refractivity contribution in [2.24, 2.45) is 0 Å². The monoisotopic (exact) mass is 243 g/mol. The van der Waals surface area contributed by atoms with E-state index in [2.05, 4.69) is 12.2 Å². The highest BCUT2D eigenvalue weighted by atomic mass is 19.1. The van der Waals surface area contributed by atoms with Gasteiger partial charge in [-0.05, 0) is 37.1 Å². The van der Waals surface area contributed by atoms with Crippen molar-refractivity contribution in [3.63, 3.8) is 0 Å². The predicted octanol–water partition coefficient (Wildman–Crippen LogP) is 2.52. The van der Waals surface area contributed by atoms with E-state index in [1.54, 1.807) is 0 Å². The van der Waals surface area contributed by atoms with Crippen molar-refractivity contribution < 1.29 is 13.5 Å². The molecule has 0 amide bonds. The Kier molecular flexibility index (Phi) is 6.74.